The maximum atomic E-state index is 13.4. The van der Waals surface area contributed by atoms with Crippen molar-refractivity contribution < 1.29 is 27.6 Å². The molecule has 1 amide bonds. The number of rotatable bonds is 4. The summed E-state index contributed by atoms with van der Waals surface area (Å²) in [7, 11) is 0. The second-order valence-corrected chi connectivity index (χ2v) is 3.42. The highest BCUT2D eigenvalue weighted by Gasteiger charge is 2.42. The number of hydrazine groups is 1. The number of nitro groups is 1. The van der Waals surface area contributed by atoms with Crippen molar-refractivity contribution >= 4 is 11.6 Å². The number of hydrogen-bond donors (Lipinski definition) is 2. The number of amides is 1. The maximum absolute atomic E-state index is 13.4. The van der Waals surface area contributed by atoms with E-state index in [0.717, 1.165) is 5.43 Å². The van der Waals surface area contributed by atoms with Crippen molar-refractivity contribution in [3.8, 4) is 5.75 Å². The largest absolute Gasteiger partial charge is 0.483 e. The number of alkyl halides is 2. The number of aryl methyl sites for hydroxylation is 1. The molecule has 1 aromatic rings. The van der Waals surface area contributed by atoms with Crippen molar-refractivity contribution in [3.63, 3.8) is 0 Å². The molecule has 0 aliphatic heterocycles. The number of nitrogens with zero attached hydrogens (tertiary/aromatic N) is 1. The minimum Gasteiger partial charge on any atom is -0.422 e. The Balaban J connectivity index is 3.13. The molecule has 7 nitrogen and oxygen atoms in total. The molecule has 104 valence electrons. The minimum atomic E-state index is -4.40. The van der Waals surface area contributed by atoms with Crippen LogP contribution in [0.25, 0.3) is 0 Å². The fourth-order valence-electron chi connectivity index (χ4n) is 1.19. The van der Waals surface area contributed by atoms with Crippen LogP contribution in [-0.2, 0) is 4.79 Å². The van der Waals surface area contributed by atoms with Crippen LogP contribution >= 0.6 is 0 Å². The third-order valence-corrected chi connectivity index (χ3v) is 2.08. The molecule has 1 rings (SSSR count). The van der Waals surface area contributed by atoms with E-state index in [1.165, 1.54) is 6.92 Å². The van der Waals surface area contributed by atoms with E-state index in [4.69, 9.17) is 0 Å². The molecule has 0 saturated heterocycles. The van der Waals surface area contributed by atoms with Crippen LogP contribution in [0.3, 0.4) is 0 Å². The third-order valence-electron chi connectivity index (χ3n) is 2.08. The second kappa shape index (κ2) is 5.10. The number of nitrogens with two attached hydrogens (primary N) is 1. The molecule has 0 aromatic heterocycles. The summed E-state index contributed by atoms with van der Waals surface area (Å²) in [5.41, 5.74) is 0.438. The molecule has 0 atom stereocenters. The number of hydrogen-bond acceptors (Lipinski definition) is 5. The summed E-state index contributed by atoms with van der Waals surface area (Å²) in [6, 6.07) is 1.10. The summed E-state index contributed by atoms with van der Waals surface area (Å²) in [6.07, 6.45) is -4.40. The lowest BCUT2D eigenvalue weighted by atomic mass is 10.2. The van der Waals surface area contributed by atoms with Gasteiger partial charge in [0.05, 0.1) is 11.0 Å². The zero-order chi connectivity index (χ0) is 14.8. The van der Waals surface area contributed by atoms with E-state index >= 15 is 0 Å². The van der Waals surface area contributed by atoms with Crippen molar-refractivity contribution in [2.75, 3.05) is 0 Å². The first kappa shape index (κ1) is 14.7. The molecule has 3 N–H and O–H groups in total. The Bertz CT molecular complexity index is 536. The van der Waals surface area contributed by atoms with Gasteiger partial charge in [0.25, 0.3) is 5.69 Å². The van der Waals surface area contributed by atoms with Gasteiger partial charge in [0.2, 0.25) is 0 Å². The summed E-state index contributed by atoms with van der Waals surface area (Å²) in [6.45, 7) is 1.20. The van der Waals surface area contributed by atoms with Gasteiger partial charge in [-0.05, 0) is 13.0 Å². The number of halogens is 3. The first-order valence-corrected chi connectivity index (χ1v) is 4.71. The number of carbonyl (C=O) groups excluding carboxylic acids is 1. The van der Waals surface area contributed by atoms with Gasteiger partial charge in [0, 0.05) is 5.56 Å². The molecule has 0 aliphatic carbocycles. The normalized spacial score (nSPS) is 11.0. The lowest BCUT2D eigenvalue weighted by molar-refractivity contribution is -0.385. The highest BCUT2D eigenvalue weighted by Crippen LogP contribution is 2.30. The van der Waals surface area contributed by atoms with E-state index in [1.807, 2.05) is 0 Å². The Morgan fingerprint density at radius 2 is 2.11 bits per heavy atom. The third kappa shape index (κ3) is 3.10. The Morgan fingerprint density at radius 3 is 2.58 bits per heavy atom. The molecule has 0 saturated carbocycles. The molecule has 0 heterocycles. The topological polar surface area (TPSA) is 107 Å². The highest BCUT2D eigenvalue weighted by atomic mass is 19.3. The predicted octanol–water partition coefficient (Wildman–Crippen LogP) is 1.00. The number of ether oxygens (including phenoxy) is 1. The molecule has 0 bridgehead atoms. The van der Waals surface area contributed by atoms with Crippen molar-refractivity contribution in [1.82, 2.24) is 5.43 Å². The van der Waals surface area contributed by atoms with Gasteiger partial charge in [-0.2, -0.15) is 8.78 Å². The Morgan fingerprint density at radius 1 is 1.53 bits per heavy atom. The fraction of sp³-hybridized carbons (Fsp3) is 0.222. The molecular formula is C9H8F3N3O4. The van der Waals surface area contributed by atoms with Gasteiger partial charge in [-0.3, -0.25) is 20.3 Å². The van der Waals surface area contributed by atoms with Crippen LogP contribution in [-0.4, -0.2) is 16.9 Å². The Kier molecular flexibility index (Phi) is 3.95. The molecule has 19 heavy (non-hydrogen) atoms. The smallest absolute Gasteiger partial charge is 0.422 e. The molecule has 0 aliphatic rings. The van der Waals surface area contributed by atoms with Gasteiger partial charge in [-0.15, -0.1) is 0 Å². The molecule has 10 heteroatoms. The van der Waals surface area contributed by atoms with E-state index < -0.39 is 34.2 Å². The van der Waals surface area contributed by atoms with Crippen LogP contribution in [0, 0.1) is 22.9 Å². The molecule has 1 aromatic carbocycles. The summed E-state index contributed by atoms with van der Waals surface area (Å²) in [4.78, 5) is 20.3. The van der Waals surface area contributed by atoms with Crippen LogP contribution in [0.5, 0.6) is 5.75 Å². The van der Waals surface area contributed by atoms with E-state index in [-0.39, 0.29) is 5.56 Å². The fourth-order valence-corrected chi connectivity index (χ4v) is 1.19. The van der Waals surface area contributed by atoms with Gasteiger partial charge in [-0.25, -0.2) is 10.2 Å². The second-order valence-electron chi connectivity index (χ2n) is 3.42. The quantitative estimate of drug-likeness (QED) is 0.370. The van der Waals surface area contributed by atoms with E-state index in [2.05, 4.69) is 10.6 Å². The van der Waals surface area contributed by atoms with Crippen molar-refractivity contribution in [2.24, 2.45) is 5.84 Å². The molecular weight excluding hydrogens is 271 g/mol. The van der Waals surface area contributed by atoms with Crippen LogP contribution in [0.15, 0.2) is 12.1 Å². The van der Waals surface area contributed by atoms with Gasteiger partial charge in [0.1, 0.15) is 0 Å². The van der Waals surface area contributed by atoms with Gasteiger partial charge >= 0.3 is 12.0 Å². The molecule has 0 radical (unpaired) electrons. The average Bonchev–Trinajstić information content (AvgIpc) is 2.31. The molecule has 0 fully saturated rings. The number of carbonyl (C=O) groups is 1. The van der Waals surface area contributed by atoms with E-state index in [1.54, 1.807) is 0 Å². The standard InChI is InChI=1S/C9H8F3N3O4/c1-4-2-7(5(10)3-6(4)15(17)18)19-9(11,12)8(16)14-13/h2-3H,13H2,1H3,(H,14,16). The van der Waals surface area contributed by atoms with Crippen molar-refractivity contribution in [3.05, 3.63) is 33.6 Å². The minimum absolute atomic E-state index is 0.106. The Hall–Kier alpha value is -2.36. The van der Waals surface area contributed by atoms with Crippen LogP contribution in [0.2, 0.25) is 0 Å². The van der Waals surface area contributed by atoms with E-state index in [9.17, 15) is 28.1 Å². The lowest BCUT2D eigenvalue weighted by Gasteiger charge is -2.16. The van der Waals surface area contributed by atoms with E-state index in [0.29, 0.717) is 12.1 Å². The first-order valence-electron chi connectivity index (χ1n) is 4.71. The predicted molar refractivity (Wildman–Crippen MR) is 55.7 cm³/mol. The zero-order valence-corrected chi connectivity index (χ0v) is 9.45. The number of nitro benzene ring substituents is 1. The summed E-state index contributed by atoms with van der Waals surface area (Å²) < 4.78 is 43.4. The van der Waals surface area contributed by atoms with Crippen LogP contribution in [0.4, 0.5) is 18.9 Å². The van der Waals surface area contributed by atoms with Crippen molar-refractivity contribution in [1.29, 1.82) is 0 Å². The number of nitrogens with one attached hydrogen (secondary N) is 1. The molecule has 0 spiro atoms. The highest BCUT2D eigenvalue weighted by molar-refractivity contribution is 5.81. The summed E-state index contributed by atoms with van der Waals surface area (Å²) >= 11 is 0. The monoisotopic (exact) mass is 279 g/mol. The summed E-state index contributed by atoms with van der Waals surface area (Å²) in [5, 5.41) is 10.5. The van der Waals surface area contributed by atoms with Gasteiger partial charge < -0.3 is 4.74 Å². The van der Waals surface area contributed by atoms with Crippen LogP contribution in [0.1, 0.15) is 5.56 Å². The summed E-state index contributed by atoms with van der Waals surface area (Å²) in [5.74, 6) is 0.113. The average molecular weight is 279 g/mol. The Labute approximate surface area is 104 Å². The zero-order valence-electron chi connectivity index (χ0n) is 9.45. The lowest BCUT2D eigenvalue weighted by Crippen LogP contribution is -2.47. The van der Waals surface area contributed by atoms with Gasteiger partial charge in [0.15, 0.2) is 11.6 Å². The molecule has 0 unspecified atom stereocenters. The first-order chi connectivity index (χ1) is 8.69. The number of benzene rings is 1. The maximum Gasteiger partial charge on any atom is 0.483 e. The van der Waals surface area contributed by atoms with Crippen molar-refractivity contribution in [2.45, 2.75) is 13.0 Å². The SMILES string of the molecule is Cc1cc(OC(F)(F)C(=O)NN)c(F)cc1[N+](=O)[O-]. The van der Waals surface area contributed by atoms with Gasteiger partial charge in [-0.1, -0.05) is 0 Å². The van der Waals surface area contributed by atoms with Crippen LogP contribution < -0.4 is 16.0 Å².